The van der Waals surface area contributed by atoms with Crippen LogP contribution in [0.25, 0.3) is 22.2 Å². The van der Waals surface area contributed by atoms with Gasteiger partial charge in [0.05, 0.1) is 5.69 Å². The first-order valence-electron chi connectivity index (χ1n) is 11.2. The fourth-order valence-electron chi connectivity index (χ4n) is 6.00. The first-order valence-corrected chi connectivity index (χ1v) is 11.2. The third-order valence-electron chi connectivity index (χ3n) is 7.56. The molecule has 168 valence electrons. The number of carbonyl (C=O) groups excluding carboxylic acids is 1. The van der Waals surface area contributed by atoms with Gasteiger partial charge in [0, 0.05) is 37.2 Å². The molecule has 2 aliphatic rings. The molecule has 3 atom stereocenters. The second-order valence-electron chi connectivity index (χ2n) is 10.3. The molecule has 2 aliphatic carbocycles. The molecule has 0 saturated heterocycles. The van der Waals surface area contributed by atoms with Gasteiger partial charge in [-0.3, -0.25) is 4.79 Å². The average molecular weight is 435 g/mol. The molecular formula is C25H30N4O3. The fourth-order valence-corrected chi connectivity index (χ4v) is 6.00. The van der Waals surface area contributed by atoms with E-state index in [0.29, 0.717) is 33.7 Å². The summed E-state index contributed by atoms with van der Waals surface area (Å²) in [4.78, 5) is 14.1. The third-order valence-corrected chi connectivity index (χ3v) is 7.56. The SMILES string of the molecule is CNC(=O)c1cc2cc(-c3ccc(N(C)C4C[C@]5(C)CC[C@](C)(C4)C5)nn3)c(O)cc2o1. The molecule has 32 heavy (non-hydrogen) atoms. The molecule has 0 radical (unpaired) electrons. The second kappa shape index (κ2) is 7.22. The van der Waals surface area contributed by atoms with Gasteiger partial charge in [0.25, 0.3) is 5.91 Å². The predicted molar refractivity (Wildman–Crippen MR) is 124 cm³/mol. The van der Waals surface area contributed by atoms with Crippen molar-refractivity contribution in [3.8, 4) is 17.0 Å². The minimum Gasteiger partial charge on any atom is -0.507 e. The topological polar surface area (TPSA) is 91.5 Å². The van der Waals surface area contributed by atoms with E-state index >= 15 is 0 Å². The molecular weight excluding hydrogens is 404 g/mol. The predicted octanol–water partition coefficient (Wildman–Crippen LogP) is 4.75. The Kier molecular flexibility index (Phi) is 4.69. The van der Waals surface area contributed by atoms with E-state index in [-0.39, 0.29) is 17.4 Å². The van der Waals surface area contributed by atoms with E-state index in [0.717, 1.165) is 11.2 Å². The molecule has 2 aromatic heterocycles. The number of nitrogens with zero attached hydrogens (tertiary/aromatic N) is 3. The minimum atomic E-state index is -0.312. The van der Waals surface area contributed by atoms with Gasteiger partial charge in [0.1, 0.15) is 11.3 Å². The van der Waals surface area contributed by atoms with Gasteiger partial charge in [-0.05, 0) is 67.2 Å². The Morgan fingerprint density at radius 1 is 1.16 bits per heavy atom. The highest BCUT2D eigenvalue weighted by Gasteiger charge is 2.50. The van der Waals surface area contributed by atoms with E-state index < -0.39 is 0 Å². The van der Waals surface area contributed by atoms with Gasteiger partial charge in [0.15, 0.2) is 11.6 Å². The average Bonchev–Trinajstić information content (AvgIpc) is 3.28. The van der Waals surface area contributed by atoms with Gasteiger partial charge in [-0.2, -0.15) is 0 Å². The summed E-state index contributed by atoms with van der Waals surface area (Å²) in [5, 5.41) is 22.7. The van der Waals surface area contributed by atoms with Crippen LogP contribution in [0.15, 0.2) is 34.7 Å². The lowest BCUT2D eigenvalue weighted by Crippen LogP contribution is -2.42. The van der Waals surface area contributed by atoms with Crippen LogP contribution in [0.4, 0.5) is 5.82 Å². The maximum absolute atomic E-state index is 11.8. The maximum Gasteiger partial charge on any atom is 0.286 e. The van der Waals surface area contributed by atoms with E-state index in [2.05, 4.69) is 41.3 Å². The summed E-state index contributed by atoms with van der Waals surface area (Å²) in [6.07, 6.45) is 6.33. The summed E-state index contributed by atoms with van der Waals surface area (Å²) in [7, 11) is 3.66. The molecule has 0 aliphatic heterocycles. The minimum absolute atomic E-state index is 0.0374. The molecule has 5 rings (SSSR count). The number of hydrogen-bond acceptors (Lipinski definition) is 6. The Balaban J connectivity index is 1.40. The number of carbonyl (C=O) groups is 1. The van der Waals surface area contributed by atoms with Crippen molar-refractivity contribution in [2.24, 2.45) is 10.8 Å². The first kappa shape index (κ1) is 20.8. The summed E-state index contributed by atoms with van der Waals surface area (Å²) in [6.45, 7) is 4.86. The molecule has 7 heteroatoms. The van der Waals surface area contributed by atoms with Crippen LogP contribution < -0.4 is 10.2 Å². The van der Waals surface area contributed by atoms with Gasteiger partial charge >= 0.3 is 0 Å². The second-order valence-corrected chi connectivity index (χ2v) is 10.3. The van der Waals surface area contributed by atoms with Crippen molar-refractivity contribution in [2.75, 3.05) is 19.0 Å². The zero-order valence-corrected chi connectivity index (χ0v) is 19.1. The number of phenols is 1. The van der Waals surface area contributed by atoms with Gasteiger partial charge in [-0.25, -0.2) is 0 Å². The number of aromatic nitrogens is 2. The zero-order valence-electron chi connectivity index (χ0n) is 19.1. The highest BCUT2D eigenvalue weighted by Crippen LogP contribution is 2.58. The van der Waals surface area contributed by atoms with Crippen LogP contribution >= 0.6 is 0 Å². The normalized spacial score (nSPS) is 26.9. The van der Waals surface area contributed by atoms with Crippen LogP contribution in [-0.4, -0.2) is 41.3 Å². The van der Waals surface area contributed by atoms with Crippen LogP contribution in [0.2, 0.25) is 0 Å². The van der Waals surface area contributed by atoms with E-state index in [1.165, 1.54) is 38.2 Å². The van der Waals surface area contributed by atoms with Crippen molar-refractivity contribution >= 4 is 22.7 Å². The number of amides is 1. The Labute approximate surface area is 187 Å². The van der Waals surface area contributed by atoms with Crippen molar-refractivity contribution in [1.29, 1.82) is 0 Å². The lowest BCUT2D eigenvalue weighted by Gasteiger charge is -2.44. The maximum atomic E-state index is 11.8. The summed E-state index contributed by atoms with van der Waals surface area (Å²) >= 11 is 0. The zero-order chi connectivity index (χ0) is 22.7. The molecule has 2 saturated carbocycles. The monoisotopic (exact) mass is 434 g/mol. The number of furan rings is 1. The van der Waals surface area contributed by atoms with Crippen molar-refractivity contribution < 1.29 is 14.3 Å². The molecule has 1 amide bonds. The molecule has 2 bridgehead atoms. The van der Waals surface area contributed by atoms with Crippen LogP contribution in [0.3, 0.4) is 0 Å². The molecule has 1 unspecified atom stereocenters. The summed E-state index contributed by atoms with van der Waals surface area (Å²) < 4.78 is 5.53. The molecule has 0 spiro atoms. The number of anilines is 1. The first-order chi connectivity index (χ1) is 15.2. The Bertz CT molecular complexity index is 1170. The standard InChI is InChI=1S/C25H30N4O3/c1-24-7-8-25(2,14-24)13-16(12-24)29(4)22-6-5-18(27-28-22)17-9-15-10-21(23(31)26-3)32-20(15)11-19(17)30/h5-6,9-11,16,30H,7-8,12-14H2,1-4H3,(H,26,31)/t16?,24-,25+. The van der Waals surface area contributed by atoms with E-state index in [1.54, 1.807) is 19.2 Å². The molecule has 7 nitrogen and oxygen atoms in total. The quantitative estimate of drug-likeness (QED) is 0.616. The number of phenolic OH excluding ortho intramolecular Hbond substituents is 1. The number of rotatable bonds is 4. The molecule has 1 aromatic carbocycles. The van der Waals surface area contributed by atoms with Gasteiger partial charge in [-0.15, -0.1) is 10.2 Å². The molecule has 2 heterocycles. The largest absolute Gasteiger partial charge is 0.507 e. The highest BCUT2D eigenvalue weighted by atomic mass is 16.3. The van der Waals surface area contributed by atoms with E-state index in [9.17, 15) is 9.90 Å². The third kappa shape index (κ3) is 3.49. The van der Waals surface area contributed by atoms with Crippen LogP contribution in [-0.2, 0) is 0 Å². The number of benzene rings is 1. The lowest BCUT2D eigenvalue weighted by atomic mass is 9.68. The smallest absolute Gasteiger partial charge is 0.286 e. The summed E-state index contributed by atoms with van der Waals surface area (Å²) in [5.41, 5.74) is 2.44. The van der Waals surface area contributed by atoms with Crippen molar-refractivity contribution in [3.63, 3.8) is 0 Å². The highest BCUT2D eigenvalue weighted by molar-refractivity contribution is 5.97. The van der Waals surface area contributed by atoms with E-state index in [4.69, 9.17) is 4.42 Å². The van der Waals surface area contributed by atoms with Crippen LogP contribution in [0, 0.1) is 10.8 Å². The molecule has 3 aromatic rings. The van der Waals surface area contributed by atoms with Crippen LogP contribution in [0.1, 0.15) is 56.5 Å². The number of aromatic hydroxyl groups is 1. The van der Waals surface area contributed by atoms with Gasteiger partial charge in [0.2, 0.25) is 0 Å². The van der Waals surface area contributed by atoms with Crippen molar-refractivity contribution in [3.05, 3.63) is 36.1 Å². The number of fused-ring (bicyclic) bond motifs is 3. The van der Waals surface area contributed by atoms with Crippen molar-refractivity contribution in [2.45, 2.75) is 52.0 Å². The Hall–Kier alpha value is -3.09. The molecule has 2 fully saturated rings. The van der Waals surface area contributed by atoms with Gasteiger partial charge in [-0.1, -0.05) is 13.8 Å². The Morgan fingerprint density at radius 2 is 1.88 bits per heavy atom. The summed E-state index contributed by atoms with van der Waals surface area (Å²) in [5.74, 6) is 0.771. The number of nitrogens with one attached hydrogen (secondary N) is 1. The Morgan fingerprint density at radius 3 is 2.50 bits per heavy atom. The fraction of sp³-hybridized carbons (Fsp3) is 0.480. The summed E-state index contributed by atoms with van der Waals surface area (Å²) in [6, 6.07) is 9.26. The molecule has 2 N–H and O–H groups in total. The van der Waals surface area contributed by atoms with Gasteiger partial charge < -0.3 is 19.7 Å². The lowest BCUT2D eigenvalue weighted by molar-refractivity contribution is 0.0937. The van der Waals surface area contributed by atoms with Crippen LogP contribution in [0.5, 0.6) is 5.75 Å². The van der Waals surface area contributed by atoms with Crippen molar-refractivity contribution in [1.82, 2.24) is 15.5 Å². The number of hydrogen-bond donors (Lipinski definition) is 2. The van der Waals surface area contributed by atoms with E-state index in [1.807, 2.05) is 12.1 Å².